The minimum absolute atomic E-state index is 0.535. The first-order valence-corrected chi connectivity index (χ1v) is 7.13. The maximum absolute atomic E-state index is 4.24. The largest absolute Gasteiger partial charge is 0.315 e. The third-order valence-corrected chi connectivity index (χ3v) is 4.24. The Hall–Kier alpha value is -0.910. The molecule has 5 nitrogen and oxygen atoms in total. The van der Waals surface area contributed by atoms with Gasteiger partial charge in [-0.2, -0.15) is 5.10 Å². The number of aromatic nitrogens is 2. The summed E-state index contributed by atoms with van der Waals surface area (Å²) in [6, 6.07) is 1.13. The molecule has 1 fully saturated rings. The van der Waals surface area contributed by atoms with E-state index in [-0.39, 0.29) is 0 Å². The van der Waals surface area contributed by atoms with E-state index in [0.29, 0.717) is 12.1 Å². The fourth-order valence-electron chi connectivity index (χ4n) is 2.93. The third kappa shape index (κ3) is 3.78. The van der Waals surface area contributed by atoms with E-state index in [1.165, 1.54) is 12.1 Å². The van der Waals surface area contributed by atoms with Crippen LogP contribution in [-0.2, 0) is 13.5 Å². The van der Waals surface area contributed by atoms with Gasteiger partial charge >= 0.3 is 0 Å². The second-order valence-corrected chi connectivity index (χ2v) is 5.77. The van der Waals surface area contributed by atoms with Crippen molar-refractivity contribution in [3.8, 4) is 0 Å². The molecule has 0 amide bonds. The highest BCUT2D eigenvalue weighted by atomic mass is 15.3. The highest BCUT2D eigenvalue weighted by Crippen LogP contribution is 2.14. The highest BCUT2D eigenvalue weighted by Gasteiger charge is 2.28. The molecular weight excluding hydrogens is 238 g/mol. The molecule has 1 saturated heterocycles. The summed E-state index contributed by atoms with van der Waals surface area (Å²) >= 11 is 0. The zero-order valence-electron chi connectivity index (χ0n) is 12.6. The molecule has 1 aromatic rings. The number of rotatable bonds is 5. The van der Waals surface area contributed by atoms with Crippen molar-refractivity contribution in [3.05, 3.63) is 18.0 Å². The van der Waals surface area contributed by atoms with Gasteiger partial charge in [0.15, 0.2) is 0 Å². The highest BCUT2D eigenvalue weighted by molar-refractivity contribution is 5.04. The second kappa shape index (κ2) is 6.50. The molecule has 0 saturated carbocycles. The molecule has 108 valence electrons. The molecule has 5 heteroatoms. The minimum atomic E-state index is 0.535. The van der Waals surface area contributed by atoms with Crippen molar-refractivity contribution in [2.24, 2.45) is 7.05 Å². The minimum Gasteiger partial charge on any atom is -0.315 e. The van der Waals surface area contributed by atoms with Crippen molar-refractivity contribution < 1.29 is 0 Å². The van der Waals surface area contributed by atoms with Gasteiger partial charge in [0.25, 0.3) is 0 Å². The fourth-order valence-corrected chi connectivity index (χ4v) is 2.93. The molecule has 1 N–H and O–H groups in total. The van der Waals surface area contributed by atoms with E-state index >= 15 is 0 Å². The number of likely N-dealkylation sites (N-methyl/N-ethyl adjacent to an activating group) is 3. The number of nitrogens with zero attached hydrogens (tertiary/aromatic N) is 4. The standard InChI is InChI=1S/C14H27N5/c1-15-13(6-5-12-9-16-19(4)10-12)14-11-17(2)7-8-18(14)3/h9-10,13-15H,5-8,11H2,1-4H3. The van der Waals surface area contributed by atoms with Crippen LogP contribution in [0.2, 0.25) is 0 Å². The lowest BCUT2D eigenvalue weighted by atomic mass is 9.98. The first-order valence-electron chi connectivity index (χ1n) is 7.13. The lowest BCUT2D eigenvalue weighted by molar-refractivity contribution is 0.0875. The summed E-state index contributed by atoms with van der Waals surface area (Å²) < 4.78 is 1.88. The van der Waals surface area contributed by atoms with Gasteiger partial charge in [0, 0.05) is 45.0 Å². The zero-order chi connectivity index (χ0) is 13.8. The van der Waals surface area contributed by atoms with Gasteiger partial charge in [0.2, 0.25) is 0 Å². The van der Waals surface area contributed by atoms with Crippen LogP contribution in [0.5, 0.6) is 0 Å². The van der Waals surface area contributed by atoms with Crippen LogP contribution in [0.1, 0.15) is 12.0 Å². The molecule has 1 aliphatic rings. The predicted octanol–water partition coefficient (Wildman–Crippen LogP) is 0.187. The van der Waals surface area contributed by atoms with E-state index in [1.807, 2.05) is 17.9 Å². The van der Waals surface area contributed by atoms with E-state index in [1.54, 1.807) is 0 Å². The smallest absolute Gasteiger partial charge is 0.0521 e. The van der Waals surface area contributed by atoms with Gasteiger partial charge in [-0.1, -0.05) is 0 Å². The van der Waals surface area contributed by atoms with Crippen LogP contribution in [0.3, 0.4) is 0 Å². The van der Waals surface area contributed by atoms with E-state index in [2.05, 4.69) is 47.6 Å². The lowest BCUT2D eigenvalue weighted by Crippen LogP contribution is -2.58. The van der Waals surface area contributed by atoms with Gasteiger partial charge in [0.1, 0.15) is 0 Å². The summed E-state index contributed by atoms with van der Waals surface area (Å²) in [5.41, 5.74) is 1.33. The molecule has 19 heavy (non-hydrogen) atoms. The zero-order valence-corrected chi connectivity index (χ0v) is 12.6. The summed E-state index contributed by atoms with van der Waals surface area (Å²) in [5, 5.41) is 7.74. The Bertz CT molecular complexity index is 389. The Balaban J connectivity index is 1.91. The Kier molecular flexibility index (Phi) is 4.96. The molecule has 0 radical (unpaired) electrons. The SMILES string of the molecule is CNC(CCc1cnn(C)c1)C1CN(C)CCN1C. The van der Waals surface area contributed by atoms with Crippen molar-refractivity contribution in [2.45, 2.75) is 24.9 Å². The first-order chi connectivity index (χ1) is 9.10. The van der Waals surface area contributed by atoms with Gasteiger partial charge < -0.3 is 10.2 Å². The predicted molar refractivity (Wildman–Crippen MR) is 78.3 cm³/mol. The van der Waals surface area contributed by atoms with Crippen molar-refractivity contribution >= 4 is 0 Å². The van der Waals surface area contributed by atoms with Crippen molar-refractivity contribution in [1.29, 1.82) is 0 Å². The molecule has 2 heterocycles. The van der Waals surface area contributed by atoms with Gasteiger partial charge in [-0.25, -0.2) is 0 Å². The van der Waals surface area contributed by atoms with Crippen LogP contribution in [0.15, 0.2) is 12.4 Å². The molecule has 0 bridgehead atoms. The molecule has 1 aliphatic heterocycles. The molecule has 1 aromatic heterocycles. The van der Waals surface area contributed by atoms with Crippen molar-refractivity contribution in [3.63, 3.8) is 0 Å². The first kappa shape index (κ1) is 14.5. The topological polar surface area (TPSA) is 36.3 Å². The maximum Gasteiger partial charge on any atom is 0.0521 e. The van der Waals surface area contributed by atoms with E-state index in [0.717, 1.165) is 25.9 Å². The Morgan fingerprint density at radius 3 is 2.79 bits per heavy atom. The second-order valence-electron chi connectivity index (χ2n) is 5.77. The molecule has 0 aromatic carbocycles. The van der Waals surface area contributed by atoms with Crippen molar-refractivity contribution in [2.75, 3.05) is 40.8 Å². The van der Waals surface area contributed by atoms with E-state index in [4.69, 9.17) is 0 Å². The van der Waals surface area contributed by atoms with Crippen LogP contribution in [0.25, 0.3) is 0 Å². The Morgan fingerprint density at radius 1 is 1.37 bits per heavy atom. The summed E-state index contributed by atoms with van der Waals surface area (Å²) in [6.07, 6.45) is 6.34. The van der Waals surface area contributed by atoms with Gasteiger partial charge in [-0.05, 0) is 39.5 Å². The average molecular weight is 265 g/mol. The van der Waals surface area contributed by atoms with E-state index < -0.39 is 0 Å². The van der Waals surface area contributed by atoms with Crippen molar-refractivity contribution in [1.82, 2.24) is 24.9 Å². The number of nitrogens with one attached hydrogen (secondary N) is 1. The average Bonchev–Trinajstić information content (AvgIpc) is 2.80. The molecular formula is C14H27N5. The Labute approximate surface area is 116 Å². The Morgan fingerprint density at radius 2 is 2.16 bits per heavy atom. The third-order valence-electron chi connectivity index (χ3n) is 4.24. The lowest BCUT2D eigenvalue weighted by Gasteiger charge is -2.42. The number of hydrogen-bond donors (Lipinski definition) is 1. The monoisotopic (exact) mass is 265 g/mol. The quantitative estimate of drug-likeness (QED) is 0.824. The molecule has 0 aliphatic carbocycles. The van der Waals surface area contributed by atoms with Crippen LogP contribution in [0, 0.1) is 0 Å². The van der Waals surface area contributed by atoms with Gasteiger partial charge in [0.05, 0.1) is 6.20 Å². The normalized spacial score (nSPS) is 23.7. The van der Waals surface area contributed by atoms with Gasteiger partial charge in [-0.15, -0.1) is 0 Å². The summed E-state index contributed by atoms with van der Waals surface area (Å²) in [5.74, 6) is 0. The van der Waals surface area contributed by atoms with Crippen LogP contribution < -0.4 is 5.32 Å². The number of piperazine rings is 1. The van der Waals surface area contributed by atoms with Crippen LogP contribution in [0.4, 0.5) is 0 Å². The number of hydrogen-bond acceptors (Lipinski definition) is 4. The molecule has 2 atom stereocenters. The van der Waals surface area contributed by atoms with Gasteiger partial charge in [-0.3, -0.25) is 9.58 Å². The van der Waals surface area contributed by atoms with E-state index in [9.17, 15) is 0 Å². The summed E-state index contributed by atoms with van der Waals surface area (Å²) in [6.45, 7) is 3.48. The maximum atomic E-state index is 4.24. The fraction of sp³-hybridized carbons (Fsp3) is 0.786. The van der Waals surface area contributed by atoms with Crippen LogP contribution >= 0.6 is 0 Å². The molecule has 2 rings (SSSR count). The number of aryl methyl sites for hydroxylation is 2. The summed E-state index contributed by atoms with van der Waals surface area (Å²) in [4.78, 5) is 4.92. The van der Waals surface area contributed by atoms with Crippen LogP contribution in [-0.4, -0.2) is 72.4 Å². The molecule has 2 unspecified atom stereocenters. The molecule has 0 spiro atoms. The summed E-state index contributed by atoms with van der Waals surface area (Å²) in [7, 11) is 8.51.